The van der Waals surface area contributed by atoms with Crippen LogP contribution in [0.4, 0.5) is 5.69 Å². The van der Waals surface area contributed by atoms with Crippen LogP contribution in [0.3, 0.4) is 0 Å². The standard InChI is InChI=1S/C41H43N3O6S/c1-5-49-39(48)31-21-22-34(32(27-31)36(45)25-29-15-8-6-9-16-29)43(37(46)26-30-17-10-7-11-18-30)23-14-24-51-40-42-33-19-12-13-20-35(33)44(40)28-38(47)50-41(2,3)4/h6-13,15-22,27H,5,14,23-26,28H2,1-4H3. The van der Waals surface area contributed by atoms with Crippen LogP contribution in [0.15, 0.2) is 108 Å². The number of carbonyl (C=O) groups excluding carboxylic acids is 4. The molecule has 0 radical (unpaired) electrons. The highest BCUT2D eigenvalue weighted by Gasteiger charge is 2.25. The molecule has 4 aromatic carbocycles. The van der Waals surface area contributed by atoms with Crippen molar-refractivity contribution < 1.29 is 28.7 Å². The van der Waals surface area contributed by atoms with E-state index in [1.54, 1.807) is 24.0 Å². The summed E-state index contributed by atoms with van der Waals surface area (Å²) in [5.74, 6) is -0.720. The topological polar surface area (TPSA) is 108 Å². The van der Waals surface area contributed by atoms with Gasteiger partial charge in [-0.3, -0.25) is 14.4 Å². The number of rotatable bonds is 15. The molecule has 0 unspecified atom stereocenters. The van der Waals surface area contributed by atoms with Crippen molar-refractivity contribution in [3.05, 3.63) is 125 Å². The van der Waals surface area contributed by atoms with Gasteiger partial charge >= 0.3 is 11.9 Å². The van der Waals surface area contributed by atoms with E-state index in [1.807, 2.05) is 110 Å². The summed E-state index contributed by atoms with van der Waals surface area (Å²) >= 11 is 1.49. The van der Waals surface area contributed by atoms with Gasteiger partial charge in [0, 0.05) is 24.3 Å². The van der Waals surface area contributed by atoms with Crippen molar-refractivity contribution in [2.24, 2.45) is 0 Å². The number of ketones is 1. The lowest BCUT2D eigenvalue weighted by Gasteiger charge is -2.26. The quantitative estimate of drug-likeness (QED) is 0.0471. The fourth-order valence-electron chi connectivity index (χ4n) is 5.66. The van der Waals surface area contributed by atoms with Crippen LogP contribution < -0.4 is 4.90 Å². The number of Topliss-reactive ketones (excluding diaryl/α,β-unsaturated/α-hetero) is 1. The van der Waals surface area contributed by atoms with Gasteiger partial charge < -0.3 is 18.9 Å². The Bertz CT molecular complexity index is 1990. The van der Waals surface area contributed by atoms with Crippen molar-refractivity contribution >= 4 is 52.1 Å². The zero-order valence-electron chi connectivity index (χ0n) is 29.5. The van der Waals surface area contributed by atoms with Gasteiger partial charge in [-0.2, -0.15) is 0 Å². The summed E-state index contributed by atoms with van der Waals surface area (Å²) in [5.41, 5.74) is 3.60. The summed E-state index contributed by atoms with van der Waals surface area (Å²) in [6, 6.07) is 31.3. The minimum absolute atomic E-state index is 0.0154. The molecular weight excluding hydrogens is 663 g/mol. The minimum Gasteiger partial charge on any atom is -0.462 e. The number of para-hydroxylation sites is 2. The first-order chi connectivity index (χ1) is 24.5. The lowest BCUT2D eigenvalue weighted by atomic mass is 9.98. The van der Waals surface area contributed by atoms with E-state index in [-0.39, 0.29) is 54.8 Å². The lowest BCUT2D eigenvalue weighted by Crippen LogP contribution is -2.35. The number of carbonyl (C=O) groups is 4. The van der Waals surface area contributed by atoms with Gasteiger partial charge in [0.1, 0.15) is 12.1 Å². The third-order valence-electron chi connectivity index (χ3n) is 7.89. The molecule has 0 fully saturated rings. The van der Waals surface area contributed by atoms with Crippen LogP contribution >= 0.6 is 11.8 Å². The molecule has 0 saturated heterocycles. The first kappa shape index (κ1) is 37.0. The number of benzene rings is 4. The van der Waals surface area contributed by atoms with Gasteiger partial charge in [-0.15, -0.1) is 0 Å². The molecule has 0 atom stereocenters. The molecule has 5 aromatic rings. The van der Waals surface area contributed by atoms with Crippen LogP contribution in [-0.2, 0) is 38.4 Å². The second kappa shape index (κ2) is 17.1. The molecular formula is C41H43N3O6S. The minimum atomic E-state index is -0.619. The molecule has 0 N–H and O–H groups in total. The van der Waals surface area contributed by atoms with Crippen molar-refractivity contribution in [3.63, 3.8) is 0 Å². The molecule has 264 valence electrons. The molecule has 51 heavy (non-hydrogen) atoms. The SMILES string of the molecule is CCOC(=O)c1ccc(N(CCCSc2nc3ccccc3n2CC(=O)OC(C)(C)C)C(=O)Cc2ccccc2)c(C(=O)Cc2ccccc2)c1. The molecule has 10 heteroatoms. The van der Waals surface area contributed by atoms with E-state index in [0.717, 1.165) is 22.2 Å². The van der Waals surface area contributed by atoms with E-state index in [4.69, 9.17) is 14.5 Å². The maximum Gasteiger partial charge on any atom is 0.338 e. The number of aromatic nitrogens is 2. The van der Waals surface area contributed by atoms with E-state index in [2.05, 4.69) is 0 Å². The smallest absolute Gasteiger partial charge is 0.338 e. The zero-order chi connectivity index (χ0) is 36.4. The largest absolute Gasteiger partial charge is 0.462 e. The predicted molar refractivity (Wildman–Crippen MR) is 200 cm³/mol. The highest BCUT2D eigenvalue weighted by atomic mass is 32.2. The van der Waals surface area contributed by atoms with Crippen molar-refractivity contribution in [2.75, 3.05) is 23.8 Å². The molecule has 0 aliphatic rings. The van der Waals surface area contributed by atoms with Crippen LogP contribution in [0.25, 0.3) is 11.0 Å². The van der Waals surface area contributed by atoms with Gasteiger partial charge in [-0.1, -0.05) is 84.6 Å². The maximum atomic E-state index is 14.1. The number of fused-ring (bicyclic) bond motifs is 1. The van der Waals surface area contributed by atoms with E-state index in [0.29, 0.717) is 29.6 Å². The number of esters is 2. The third-order valence-corrected chi connectivity index (χ3v) is 8.95. The molecule has 0 bridgehead atoms. The Hall–Kier alpha value is -5.22. The van der Waals surface area contributed by atoms with Gasteiger partial charge in [0.15, 0.2) is 10.9 Å². The Labute approximate surface area is 303 Å². The van der Waals surface area contributed by atoms with Gasteiger partial charge in [-0.25, -0.2) is 9.78 Å². The van der Waals surface area contributed by atoms with Crippen molar-refractivity contribution in [2.45, 2.75) is 64.3 Å². The van der Waals surface area contributed by atoms with Crippen LogP contribution in [0, 0.1) is 0 Å². The fourth-order valence-corrected chi connectivity index (χ4v) is 6.60. The van der Waals surface area contributed by atoms with Gasteiger partial charge in [0.25, 0.3) is 0 Å². The first-order valence-electron chi connectivity index (χ1n) is 17.0. The zero-order valence-corrected chi connectivity index (χ0v) is 30.3. The number of hydrogen-bond donors (Lipinski definition) is 0. The van der Waals surface area contributed by atoms with Crippen LogP contribution in [0.5, 0.6) is 0 Å². The van der Waals surface area contributed by atoms with Gasteiger partial charge in [0.2, 0.25) is 5.91 Å². The molecule has 0 aliphatic carbocycles. The van der Waals surface area contributed by atoms with Crippen LogP contribution in [-0.4, -0.2) is 57.7 Å². The Kier molecular flexibility index (Phi) is 12.4. The molecule has 1 aromatic heterocycles. The van der Waals surface area contributed by atoms with Crippen molar-refractivity contribution in [1.82, 2.24) is 9.55 Å². The summed E-state index contributed by atoms with van der Waals surface area (Å²) in [6.07, 6.45) is 0.781. The monoisotopic (exact) mass is 705 g/mol. The second-order valence-corrected chi connectivity index (χ2v) is 14.1. The number of hydrogen-bond acceptors (Lipinski definition) is 8. The number of amides is 1. The Balaban J connectivity index is 1.42. The molecule has 5 rings (SSSR count). The summed E-state index contributed by atoms with van der Waals surface area (Å²) in [6.45, 7) is 7.74. The molecule has 0 saturated carbocycles. The highest BCUT2D eigenvalue weighted by Crippen LogP contribution is 2.29. The second-order valence-electron chi connectivity index (χ2n) is 13.0. The summed E-state index contributed by atoms with van der Waals surface area (Å²) in [5, 5.41) is 0.668. The van der Waals surface area contributed by atoms with Gasteiger partial charge in [-0.05, 0) is 75.6 Å². The van der Waals surface area contributed by atoms with Crippen molar-refractivity contribution in [3.8, 4) is 0 Å². The summed E-state index contributed by atoms with van der Waals surface area (Å²) < 4.78 is 12.7. The van der Waals surface area contributed by atoms with E-state index in [1.165, 1.54) is 17.8 Å². The number of nitrogens with zero attached hydrogens (tertiary/aromatic N) is 3. The molecule has 0 aliphatic heterocycles. The van der Waals surface area contributed by atoms with Crippen molar-refractivity contribution in [1.29, 1.82) is 0 Å². The molecule has 9 nitrogen and oxygen atoms in total. The summed E-state index contributed by atoms with van der Waals surface area (Å²) in [4.78, 5) is 60.0. The first-order valence-corrected chi connectivity index (χ1v) is 18.0. The predicted octanol–water partition coefficient (Wildman–Crippen LogP) is 7.74. The lowest BCUT2D eigenvalue weighted by molar-refractivity contribution is -0.155. The molecule has 1 amide bonds. The Morgan fingerprint density at radius 1 is 0.824 bits per heavy atom. The van der Waals surface area contributed by atoms with Crippen LogP contribution in [0.2, 0.25) is 0 Å². The highest BCUT2D eigenvalue weighted by molar-refractivity contribution is 7.99. The number of anilines is 1. The molecule has 0 spiro atoms. The third kappa shape index (κ3) is 10.2. The number of thioether (sulfide) groups is 1. The number of imidazole rings is 1. The van der Waals surface area contributed by atoms with Gasteiger partial charge in [0.05, 0.1) is 35.3 Å². The van der Waals surface area contributed by atoms with Crippen LogP contribution in [0.1, 0.15) is 66.0 Å². The average molecular weight is 706 g/mol. The summed E-state index contributed by atoms with van der Waals surface area (Å²) in [7, 11) is 0. The average Bonchev–Trinajstić information content (AvgIpc) is 3.44. The van der Waals surface area contributed by atoms with E-state index in [9.17, 15) is 19.2 Å². The fraction of sp³-hybridized carbons (Fsp3) is 0.293. The number of ether oxygens (including phenoxy) is 2. The maximum absolute atomic E-state index is 14.1. The van der Waals surface area contributed by atoms with E-state index < -0.39 is 11.6 Å². The Morgan fingerprint density at radius 3 is 2.14 bits per heavy atom. The molecule has 1 heterocycles. The Morgan fingerprint density at radius 2 is 1.47 bits per heavy atom. The normalized spacial score (nSPS) is 11.3. The van der Waals surface area contributed by atoms with E-state index >= 15 is 0 Å².